The summed E-state index contributed by atoms with van der Waals surface area (Å²) in [6, 6.07) is 0. The normalized spacial score (nSPS) is 14.3. The van der Waals surface area contributed by atoms with Gasteiger partial charge in [0, 0.05) is 25.7 Å². The first-order chi connectivity index (χ1) is 40.7. The van der Waals surface area contributed by atoms with Gasteiger partial charge in [-0.1, -0.05) is 257 Å². The van der Waals surface area contributed by atoms with Crippen LogP contribution in [0.15, 0.2) is 24.3 Å². The fourth-order valence-corrected chi connectivity index (χ4v) is 10.8. The molecule has 0 aromatic rings. The van der Waals surface area contributed by atoms with Crippen molar-refractivity contribution in [1.29, 1.82) is 0 Å². The largest absolute Gasteiger partial charge is 0.472 e. The standard InChI is InChI=1S/C65H122O17P2/c1-5-9-13-17-20-23-26-28-30-32-34-37-40-44-48-52-65(70)82-61(56-76-63(68)50-46-42-38-36-33-31-29-27-24-21-18-14-10-6-2)58-80-84(73,74)78-54-59(66)53-77-83(71,72)79-57-60(55-75-62(67)49-45-41-16-12-8-4)81-64(69)51-47-43-39-35-25-22-19-15-11-7-3/h23,26,28,30,59-61,66H,5-22,24-25,27,29,31-58H2,1-4H3,(H,71,72)(H,73,74)/b26-23-,30-28-/t59-,60+,61+/m0/s1. The molecular formula is C65H122O17P2. The van der Waals surface area contributed by atoms with Crippen LogP contribution in [-0.4, -0.2) is 96.7 Å². The first-order valence-corrected chi connectivity index (χ1v) is 36.6. The van der Waals surface area contributed by atoms with Crippen molar-refractivity contribution in [2.45, 2.75) is 329 Å². The predicted octanol–water partition coefficient (Wildman–Crippen LogP) is 17.9. The number of ether oxygens (including phenoxy) is 4. The molecule has 17 nitrogen and oxygen atoms in total. The van der Waals surface area contributed by atoms with E-state index in [-0.39, 0.29) is 25.7 Å². The SMILES string of the molecule is CCCCCC/C=C\C=C/CCCCCCCC(=O)O[C@H](COC(=O)CCCCCCCCCCCCCCCC)COP(=O)(O)OC[C@@H](O)COP(=O)(O)OC[C@@H](COC(=O)CCCCCCC)OC(=O)CCCCCCCCCCCC. The second-order valence-electron chi connectivity index (χ2n) is 22.8. The van der Waals surface area contributed by atoms with Crippen molar-refractivity contribution in [3.05, 3.63) is 24.3 Å². The Bertz CT molecular complexity index is 1710. The molecule has 0 rings (SSSR count). The highest BCUT2D eigenvalue weighted by Crippen LogP contribution is 2.45. The summed E-state index contributed by atoms with van der Waals surface area (Å²) in [5.41, 5.74) is 0. The Balaban J connectivity index is 5.21. The van der Waals surface area contributed by atoms with Crippen LogP contribution in [0.4, 0.5) is 0 Å². The number of unbranched alkanes of at least 4 members (excludes halogenated alkanes) is 35. The second-order valence-corrected chi connectivity index (χ2v) is 25.7. The van der Waals surface area contributed by atoms with Gasteiger partial charge < -0.3 is 33.8 Å². The lowest BCUT2D eigenvalue weighted by atomic mass is 10.0. The van der Waals surface area contributed by atoms with Crippen LogP contribution in [0, 0.1) is 0 Å². The molecule has 2 unspecified atom stereocenters. The van der Waals surface area contributed by atoms with Crippen molar-refractivity contribution in [2.75, 3.05) is 39.6 Å². The average molecular weight is 1240 g/mol. The van der Waals surface area contributed by atoms with Crippen molar-refractivity contribution < 1.29 is 80.2 Å². The number of rotatable bonds is 64. The molecule has 0 saturated carbocycles. The van der Waals surface area contributed by atoms with E-state index in [2.05, 4.69) is 52.0 Å². The van der Waals surface area contributed by atoms with E-state index < -0.39 is 97.5 Å². The molecule has 494 valence electrons. The van der Waals surface area contributed by atoms with Crippen molar-refractivity contribution in [1.82, 2.24) is 0 Å². The Labute approximate surface area is 510 Å². The van der Waals surface area contributed by atoms with Crippen LogP contribution < -0.4 is 0 Å². The minimum absolute atomic E-state index is 0.0856. The van der Waals surface area contributed by atoms with E-state index in [0.29, 0.717) is 25.7 Å². The number of aliphatic hydroxyl groups is 1. The van der Waals surface area contributed by atoms with Crippen LogP contribution >= 0.6 is 15.6 Å². The van der Waals surface area contributed by atoms with E-state index in [9.17, 15) is 43.2 Å². The Kier molecular flexibility index (Phi) is 57.8. The molecule has 0 amide bonds. The third kappa shape index (κ3) is 58.6. The molecule has 0 bridgehead atoms. The summed E-state index contributed by atoms with van der Waals surface area (Å²) in [6.07, 6.45) is 48.3. The lowest BCUT2D eigenvalue weighted by molar-refractivity contribution is -0.161. The molecule has 0 heterocycles. The van der Waals surface area contributed by atoms with E-state index in [4.69, 9.17) is 37.0 Å². The summed E-state index contributed by atoms with van der Waals surface area (Å²) < 4.78 is 67.8. The average Bonchev–Trinajstić information content (AvgIpc) is 3.50. The van der Waals surface area contributed by atoms with Gasteiger partial charge in [-0.25, -0.2) is 9.13 Å². The van der Waals surface area contributed by atoms with E-state index in [1.807, 2.05) is 0 Å². The first kappa shape index (κ1) is 81.5. The van der Waals surface area contributed by atoms with Gasteiger partial charge in [0.15, 0.2) is 12.2 Å². The van der Waals surface area contributed by atoms with Gasteiger partial charge in [0.2, 0.25) is 0 Å². The monoisotopic (exact) mass is 1240 g/mol. The molecule has 84 heavy (non-hydrogen) atoms. The molecule has 0 aliphatic carbocycles. The molecule has 0 aliphatic rings. The van der Waals surface area contributed by atoms with Crippen LogP contribution in [-0.2, 0) is 65.4 Å². The number of esters is 4. The first-order valence-electron chi connectivity index (χ1n) is 33.6. The minimum atomic E-state index is -4.95. The summed E-state index contributed by atoms with van der Waals surface area (Å²) >= 11 is 0. The highest BCUT2D eigenvalue weighted by Gasteiger charge is 2.30. The van der Waals surface area contributed by atoms with E-state index in [1.54, 1.807) is 0 Å². The maximum Gasteiger partial charge on any atom is 0.472 e. The molecule has 0 radical (unpaired) electrons. The third-order valence-electron chi connectivity index (χ3n) is 14.5. The number of phosphoric acid groups is 2. The summed E-state index contributed by atoms with van der Waals surface area (Å²) in [6.45, 7) is 4.74. The maximum absolute atomic E-state index is 13.0. The van der Waals surface area contributed by atoms with Gasteiger partial charge in [0.25, 0.3) is 0 Å². The molecular weight excluding hydrogens is 1110 g/mol. The molecule has 3 N–H and O–H groups in total. The van der Waals surface area contributed by atoms with Gasteiger partial charge in [-0.05, 0) is 51.4 Å². The van der Waals surface area contributed by atoms with Gasteiger partial charge >= 0.3 is 39.5 Å². The molecule has 0 aliphatic heterocycles. The Morgan fingerprint density at radius 2 is 0.571 bits per heavy atom. The van der Waals surface area contributed by atoms with Gasteiger partial charge in [-0.15, -0.1) is 0 Å². The van der Waals surface area contributed by atoms with Gasteiger partial charge in [-0.2, -0.15) is 0 Å². The summed E-state index contributed by atoms with van der Waals surface area (Å²) in [5.74, 6) is -2.17. The van der Waals surface area contributed by atoms with E-state index in [1.165, 1.54) is 122 Å². The number of carbonyl (C=O) groups excluding carboxylic acids is 4. The quantitative estimate of drug-likeness (QED) is 0.0169. The topological polar surface area (TPSA) is 237 Å². The number of carbonyl (C=O) groups is 4. The highest BCUT2D eigenvalue weighted by molar-refractivity contribution is 7.47. The smallest absolute Gasteiger partial charge is 0.462 e. The van der Waals surface area contributed by atoms with Crippen LogP contribution in [0.1, 0.15) is 310 Å². The van der Waals surface area contributed by atoms with Gasteiger partial charge in [0.05, 0.1) is 26.4 Å². The van der Waals surface area contributed by atoms with Crippen molar-refractivity contribution in [2.24, 2.45) is 0 Å². The number of aliphatic hydroxyl groups excluding tert-OH is 1. The molecule has 0 spiro atoms. The van der Waals surface area contributed by atoms with Gasteiger partial charge in [0.1, 0.15) is 19.3 Å². The maximum atomic E-state index is 13.0. The fourth-order valence-electron chi connectivity index (χ4n) is 9.27. The third-order valence-corrected chi connectivity index (χ3v) is 16.4. The molecule has 0 saturated heterocycles. The summed E-state index contributed by atoms with van der Waals surface area (Å²) in [5, 5.41) is 10.5. The van der Waals surface area contributed by atoms with E-state index >= 15 is 0 Å². The van der Waals surface area contributed by atoms with Crippen LogP contribution in [0.3, 0.4) is 0 Å². The zero-order valence-corrected chi connectivity index (χ0v) is 55.1. The fraction of sp³-hybridized carbons (Fsp3) is 0.877. The summed E-state index contributed by atoms with van der Waals surface area (Å²) in [4.78, 5) is 72.0. The van der Waals surface area contributed by atoms with Crippen LogP contribution in [0.2, 0.25) is 0 Å². The number of phosphoric ester groups is 2. The highest BCUT2D eigenvalue weighted by atomic mass is 31.2. The lowest BCUT2D eigenvalue weighted by Gasteiger charge is -2.21. The number of hydrogen-bond donors (Lipinski definition) is 3. The molecule has 5 atom stereocenters. The van der Waals surface area contributed by atoms with Crippen LogP contribution in [0.25, 0.3) is 0 Å². The minimum Gasteiger partial charge on any atom is -0.462 e. The Morgan fingerprint density at radius 3 is 0.869 bits per heavy atom. The van der Waals surface area contributed by atoms with Crippen molar-refractivity contribution in [3.63, 3.8) is 0 Å². The molecule has 0 aromatic carbocycles. The summed E-state index contributed by atoms with van der Waals surface area (Å²) in [7, 11) is -9.89. The van der Waals surface area contributed by atoms with Crippen molar-refractivity contribution >= 4 is 39.5 Å². The molecule has 19 heteroatoms. The Hall–Kier alpha value is -2.46. The van der Waals surface area contributed by atoms with E-state index in [0.717, 1.165) is 109 Å². The van der Waals surface area contributed by atoms with Gasteiger partial charge in [-0.3, -0.25) is 37.3 Å². The Morgan fingerprint density at radius 1 is 0.333 bits per heavy atom. The lowest BCUT2D eigenvalue weighted by Crippen LogP contribution is -2.30. The molecule has 0 fully saturated rings. The van der Waals surface area contributed by atoms with Crippen molar-refractivity contribution in [3.8, 4) is 0 Å². The molecule has 0 aromatic heterocycles. The number of allylic oxidation sites excluding steroid dienone is 4. The zero-order chi connectivity index (χ0) is 61.9. The zero-order valence-electron chi connectivity index (χ0n) is 53.3. The number of hydrogen-bond acceptors (Lipinski definition) is 15. The van der Waals surface area contributed by atoms with Crippen LogP contribution in [0.5, 0.6) is 0 Å². The predicted molar refractivity (Wildman–Crippen MR) is 335 cm³/mol. The second kappa shape index (κ2) is 59.5.